The molecule has 110 heavy (non-hydrogen) atoms. The van der Waals surface area contributed by atoms with Crippen LogP contribution in [0.3, 0.4) is 0 Å². The first-order chi connectivity index (χ1) is 54.3. The molecule has 12 aromatic rings. The van der Waals surface area contributed by atoms with Crippen molar-refractivity contribution in [2.45, 2.75) is 45.7 Å². The number of hydrogen-bond donors (Lipinski definition) is 0. The molecule has 4 aromatic heterocycles. The second-order valence-corrected chi connectivity index (χ2v) is 29.4. The van der Waals surface area contributed by atoms with Gasteiger partial charge in [-0.2, -0.15) is 39.1 Å². The van der Waals surface area contributed by atoms with E-state index >= 15 is 0 Å². The van der Waals surface area contributed by atoms with Crippen LogP contribution in [0.25, 0.3) is 45.6 Å². The Morgan fingerprint density at radius 1 is 0.318 bits per heavy atom. The van der Waals surface area contributed by atoms with Gasteiger partial charge in [-0.05, 0) is 61.4 Å². The van der Waals surface area contributed by atoms with Crippen LogP contribution in [-0.4, -0.2) is 207 Å². The number of rotatable bonds is 10. The van der Waals surface area contributed by atoms with Crippen molar-refractivity contribution in [1.82, 2.24) is 69.3 Å². The van der Waals surface area contributed by atoms with Gasteiger partial charge in [0.2, 0.25) is 20.6 Å². The maximum absolute atomic E-state index is 14.3. The summed E-state index contributed by atoms with van der Waals surface area (Å²) < 4.78 is 46.0. The van der Waals surface area contributed by atoms with E-state index in [1.165, 1.54) is 0 Å². The molecule has 3 aliphatic rings. The topological polar surface area (TPSA) is 268 Å². The average molecular weight is 1540 g/mol. The second kappa shape index (κ2) is 37.0. The molecule has 0 bridgehead atoms. The zero-order valence-corrected chi connectivity index (χ0v) is 62.8. The first-order valence-electron chi connectivity index (χ1n) is 35.8. The number of para-hydroxylation sites is 4. The average Bonchev–Trinajstić information content (AvgIpc) is 1.69. The third kappa shape index (κ3) is 19.1. The van der Waals surface area contributed by atoms with Crippen LogP contribution in [0, 0.1) is 0 Å². The van der Waals surface area contributed by atoms with Crippen LogP contribution >= 0.6 is 47.0 Å². The molecule has 0 saturated carbocycles. The van der Waals surface area contributed by atoms with Crippen molar-refractivity contribution in [2.24, 2.45) is 20.4 Å². The van der Waals surface area contributed by atoms with Crippen molar-refractivity contribution in [2.75, 3.05) is 88.7 Å². The van der Waals surface area contributed by atoms with E-state index in [0.717, 1.165) is 35.1 Å². The molecule has 26 nitrogen and oxygen atoms in total. The molecule has 0 aliphatic carbocycles. The number of nitrogens with zero attached hydrogens (tertiary/aromatic N) is 18. The monoisotopic (exact) mass is 1540 g/mol. The molecule has 556 valence electrons. The fourth-order valence-electron chi connectivity index (χ4n) is 11.9. The summed E-state index contributed by atoms with van der Waals surface area (Å²) in [7, 11) is 0. The van der Waals surface area contributed by atoms with Crippen molar-refractivity contribution >= 4 is 83.8 Å². The standard InChI is InChI=1S/C80H74N18O8S4/c99-71(105-65-53-101-67-35-17-13-31-61(67)47-81-95-73(57-23-5-1-6-24-57)85-89-77(95)107-43-21-44-108-78-90-86-74(58-25-7-2-8-26-58)96(78)82-48-62-32-14-18-36-68(62)102-54-65)51-93-39-41-94(42-40-93)52-72(100)106-66-55-103-69-37-19-15-33-63(69)49-83-97-75(59-27-9-3-10-28-59)87-91-79(97)109-45-22-46-110-80-92-88-76(60-29-11-4-12-30-60)98(80)84-50-64-34-16-20-38-70(64)104-56-66/h1-20,23-38,47-50,65-66H,21-22,39-46,51-56H2/b81-47+,82-48+,83-49+,84-50+. The van der Waals surface area contributed by atoms with E-state index in [-0.39, 0.29) is 39.5 Å². The van der Waals surface area contributed by atoms with Crippen LogP contribution in [0.2, 0.25) is 0 Å². The van der Waals surface area contributed by atoms with Crippen molar-refractivity contribution in [3.63, 3.8) is 0 Å². The summed E-state index contributed by atoms with van der Waals surface area (Å²) in [6.07, 6.45) is 6.68. The molecule has 0 unspecified atom stereocenters. The second-order valence-electron chi connectivity index (χ2n) is 25.2. The van der Waals surface area contributed by atoms with E-state index < -0.39 is 24.1 Å². The maximum Gasteiger partial charge on any atom is 0.320 e. The largest absolute Gasteiger partial charge is 0.489 e. The summed E-state index contributed by atoms with van der Waals surface area (Å²) in [5.74, 6) is 6.20. The van der Waals surface area contributed by atoms with Crippen molar-refractivity contribution < 1.29 is 38.0 Å². The minimum atomic E-state index is -0.902. The van der Waals surface area contributed by atoms with E-state index in [0.29, 0.717) is 138 Å². The lowest BCUT2D eigenvalue weighted by molar-refractivity contribution is -0.156. The van der Waals surface area contributed by atoms with Crippen LogP contribution in [0.15, 0.2) is 259 Å². The Balaban J connectivity index is 0.641. The highest BCUT2D eigenvalue weighted by Gasteiger charge is 2.28. The maximum atomic E-state index is 14.3. The minimum absolute atomic E-state index is 0.0382. The van der Waals surface area contributed by atoms with Crippen LogP contribution in [0.5, 0.6) is 23.0 Å². The molecule has 3 aliphatic heterocycles. The van der Waals surface area contributed by atoms with Gasteiger partial charge in [0.15, 0.2) is 35.5 Å². The molecule has 30 heteroatoms. The third-order valence-electron chi connectivity index (χ3n) is 17.5. The van der Waals surface area contributed by atoms with Crippen LogP contribution in [0.4, 0.5) is 0 Å². The SMILES string of the molecule is O=C(CN1CCN(CC(=O)OC2COc3ccccc3/C=N/n3c(nnc3-c3ccccc3)SCCCSc3nnc(-c4ccccc4)n3/N=C/c3ccccc3OC2)CC1)OC1COc2ccccc2/C=N/n2c(nnc2-c2ccccc2)SCCCSc2nnc(-c3ccccc3)n2/N=C/c2ccccc2OC1. The van der Waals surface area contributed by atoms with Crippen LogP contribution in [-0.2, 0) is 19.1 Å². The molecule has 1 saturated heterocycles. The van der Waals surface area contributed by atoms with Gasteiger partial charge in [0.05, 0.1) is 37.9 Å². The summed E-state index contributed by atoms with van der Waals surface area (Å²) >= 11 is 6.22. The third-order valence-corrected chi connectivity index (χ3v) is 21.5. The Morgan fingerprint density at radius 2 is 0.555 bits per heavy atom. The van der Waals surface area contributed by atoms with Crippen molar-refractivity contribution in [3.8, 4) is 68.5 Å². The van der Waals surface area contributed by atoms with Crippen LogP contribution < -0.4 is 18.9 Å². The molecule has 0 radical (unpaired) electrons. The zero-order valence-electron chi connectivity index (χ0n) is 59.5. The summed E-state index contributed by atoms with van der Waals surface area (Å²) in [4.78, 5) is 32.7. The lowest BCUT2D eigenvalue weighted by Crippen LogP contribution is -2.50. The molecule has 0 N–H and O–H groups in total. The highest BCUT2D eigenvalue weighted by Crippen LogP contribution is 2.33. The molecule has 0 amide bonds. The van der Waals surface area contributed by atoms with E-state index in [1.54, 1.807) is 90.6 Å². The van der Waals surface area contributed by atoms with Gasteiger partial charge >= 0.3 is 11.9 Å². The summed E-state index contributed by atoms with van der Waals surface area (Å²) in [5.41, 5.74) is 6.08. The Labute approximate surface area is 651 Å². The minimum Gasteiger partial charge on any atom is -0.489 e. The Kier molecular flexibility index (Phi) is 24.9. The molecule has 1 fully saturated rings. The van der Waals surface area contributed by atoms with E-state index in [2.05, 4.69) is 40.8 Å². The number of ether oxygens (including phenoxy) is 6. The lowest BCUT2D eigenvalue weighted by Gasteiger charge is -2.34. The van der Waals surface area contributed by atoms with Crippen LogP contribution in [0.1, 0.15) is 35.1 Å². The predicted molar refractivity (Wildman–Crippen MR) is 426 cm³/mol. The van der Waals surface area contributed by atoms with E-state index in [9.17, 15) is 9.59 Å². The molecule has 8 aromatic carbocycles. The quantitative estimate of drug-likeness (QED) is 0.115. The molecular formula is C80H74N18O8S4. The Morgan fingerprint density at radius 3 is 0.809 bits per heavy atom. The summed E-state index contributed by atoms with van der Waals surface area (Å²) in [6.45, 7) is 1.42. The van der Waals surface area contributed by atoms with Crippen molar-refractivity contribution in [3.05, 3.63) is 241 Å². The zero-order chi connectivity index (χ0) is 74.5. The number of aromatic nitrogens is 12. The molecule has 0 atom stereocenters. The van der Waals surface area contributed by atoms with Gasteiger partial charge in [-0.3, -0.25) is 19.4 Å². The number of hydrogen-bond acceptors (Lipinski definition) is 26. The molecule has 0 spiro atoms. The highest BCUT2D eigenvalue weighted by atomic mass is 32.2. The summed E-state index contributed by atoms with van der Waals surface area (Å²) in [6, 6.07) is 69.3. The fraction of sp³-hybridized carbons (Fsp3) is 0.225. The lowest BCUT2D eigenvalue weighted by atomic mass is 10.2. The number of benzene rings is 8. The fourth-order valence-corrected chi connectivity index (χ4v) is 15.6. The first-order valence-corrected chi connectivity index (χ1v) is 39.7. The molecule has 15 rings (SSSR count). The Hall–Kier alpha value is -11.5. The van der Waals surface area contributed by atoms with Gasteiger partial charge < -0.3 is 28.4 Å². The van der Waals surface area contributed by atoms with Gasteiger partial charge in [-0.1, -0.05) is 217 Å². The molecule has 7 heterocycles. The normalized spacial score (nSPS) is 16.7. The number of piperazine rings is 1. The smallest absolute Gasteiger partial charge is 0.320 e. The van der Waals surface area contributed by atoms with E-state index in [4.69, 9.17) is 48.8 Å². The van der Waals surface area contributed by atoms with E-state index in [1.807, 2.05) is 228 Å². The van der Waals surface area contributed by atoms with Gasteiger partial charge in [-0.25, -0.2) is 0 Å². The number of carbonyl (C=O) groups excluding carboxylic acids is 2. The summed E-state index contributed by atoms with van der Waals surface area (Å²) in [5, 5.41) is 59.2. The number of thioether (sulfide) groups is 4. The number of esters is 2. The highest BCUT2D eigenvalue weighted by molar-refractivity contribution is 8.00. The van der Waals surface area contributed by atoms with Gasteiger partial charge in [0, 0.05) is 93.7 Å². The van der Waals surface area contributed by atoms with Crippen molar-refractivity contribution in [1.29, 1.82) is 0 Å². The van der Waals surface area contributed by atoms with Gasteiger partial charge in [-0.15, -0.1) is 40.8 Å². The van der Waals surface area contributed by atoms with Gasteiger partial charge in [0.1, 0.15) is 49.4 Å². The number of carbonyl (C=O) groups is 2. The number of fused-ring (bicyclic) bond motifs is 8. The molecular weight excluding hydrogens is 1470 g/mol. The van der Waals surface area contributed by atoms with Gasteiger partial charge in [0.25, 0.3) is 0 Å². The predicted octanol–water partition coefficient (Wildman–Crippen LogP) is 12.5. The Bertz CT molecular complexity index is 4580. The first kappa shape index (κ1) is 73.9.